The van der Waals surface area contributed by atoms with Gasteiger partial charge in [0.1, 0.15) is 11.5 Å². The molecule has 7 nitrogen and oxygen atoms in total. The molecule has 0 bridgehead atoms. The molecule has 0 spiro atoms. The van der Waals surface area contributed by atoms with E-state index in [9.17, 15) is 9.90 Å². The Morgan fingerprint density at radius 3 is 2.36 bits per heavy atom. The number of hydrogen-bond donors (Lipinski definition) is 4. The molecular formula is C35H41N3O4. The Morgan fingerprint density at radius 2 is 1.62 bits per heavy atom. The third-order valence-corrected chi connectivity index (χ3v) is 6.89. The number of aliphatic hydroxyl groups excluding tert-OH is 1. The van der Waals surface area contributed by atoms with Crippen molar-refractivity contribution in [3.05, 3.63) is 102 Å². The van der Waals surface area contributed by atoms with Gasteiger partial charge in [-0.25, -0.2) is 0 Å². The van der Waals surface area contributed by atoms with E-state index < -0.39 is 6.10 Å². The van der Waals surface area contributed by atoms with Crippen LogP contribution in [0.2, 0.25) is 0 Å². The van der Waals surface area contributed by atoms with Gasteiger partial charge in [-0.3, -0.25) is 4.79 Å². The van der Waals surface area contributed by atoms with Crippen LogP contribution in [-0.4, -0.2) is 37.8 Å². The molecule has 0 saturated heterocycles. The van der Waals surface area contributed by atoms with Crippen molar-refractivity contribution >= 4 is 23.5 Å². The van der Waals surface area contributed by atoms with Crippen LogP contribution in [0.3, 0.4) is 0 Å². The van der Waals surface area contributed by atoms with Gasteiger partial charge in [-0.15, -0.1) is 0 Å². The van der Waals surface area contributed by atoms with E-state index in [1.807, 2.05) is 43.3 Å². The van der Waals surface area contributed by atoms with E-state index >= 15 is 0 Å². The Kier molecular flexibility index (Phi) is 11.8. The second kappa shape index (κ2) is 16.2. The first-order valence-electron chi connectivity index (χ1n) is 14.6. The molecule has 4 aromatic carbocycles. The lowest BCUT2D eigenvalue weighted by atomic mass is 10.0. The Hall–Kier alpha value is -4.33. The van der Waals surface area contributed by atoms with Crippen LogP contribution in [-0.2, 0) is 11.2 Å². The maximum absolute atomic E-state index is 11.0. The van der Waals surface area contributed by atoms with Gasteiger partial charge in [-0.1, -0.05) is 61.9 Å². The fraction of sp³-hybridized carbons (Fsp3) is 0.286. The Morgan fingerprint density at radius 1 is 0.857 bits per heavy atom. The quantitative estimate of drug-likeness (QED) is 0.0803. The van der Waals surface area contributed by atoms with Crippen LogP contribution in [0.5, 0.6) is 11.5 Å². The van der Waals surface area contributed by atoms with E-state index in [1.165, 1.54) is 5.56 Å². The zero-order chi connectivity index (χ0) is 29.6. The highest BCUT2D eigenvalue weighted by Gasteiger charge is 2.12. The Bertz CT molecular complexity index is 1390. The summed E-state index contributed by atoms with van der Waals surface area (Å²) in [5.41, 5.74) is 6.65. The third-order valence-electron chi connectivity index (χ3n) is 6.89. The summed E-state index contributed by atoms with van der Waals surface area (Å²) in [6, 6.07) is 30.2. The van der Waals surface area contributed by atoms with Crippen molar-refractivity contribution in [2.24, 2.45) is 0 Å². The molecule has 0 radical (unpaired) electrons. The summed E-state index contributed by atoms with van der Waals surface area (Å²) in [5, 5.41) is 20.2. The van der Waals surface area contributed by atoms with Crippen molar-refractivity contribution in [3.63, 3.8) is 0 Å². The first-order valence-corrected chi connectivity index (χ1v) is 14.6. The van der Waals surface area contributed by atoms with E-state index in [2.05, 4.69) is 65.3 Å². The molecule has 4 rings (SSSR count). The summed E-state index contributed by atoms with van der Waals surface area (Å²) in [6.45, 7) is 6.41. The van der Waals surface area contributed by atoms with Crippen LogP contribution in [0.1, 0.15) is 43.9 Å². The first kappa shape index (κ1) is 30.6. The van der Waals surface area contributed by atoms with Gasteiger partial charge >= 0.3 is 0 Å². The molecular weight excluding hydrogens is 526 g/mol. The minimum Gasteiger partial charge on any atom is -0.493 e. The smallest absolute Gasteiger partial charge is 0.211 e. The summed E-state index contributed by atoms with van der Waals surface area (Å²) in [7, 11) is 0. The van der Waals surface area contributed by atoms with Crippen molar-refractivity contribution in [1.82, 2.24) is 5.32 Å². The van der Waals surface area contributed by atoms with Gasteiger partial charge in [-0.05, 0) is 85.5 Å². The van der Waals surface area contributed by atoms with E-state index in [0.29, 0.717) is 37.6 Å². The highest BCUT2D eigenvalue weighted by Crippen LogP contribution is 2.34. The zero-order valence-electron chi connectivity index (χ0n) is 24.4. The number of hydrogen-bond acceptors (Lipinski definition) is 6. The molecule has 4 N–H and O–H groups in total. The molecule has 0 fully saturated rings. The number of rotatable bonds is 17. The van der Waals surface area contributed by atoms with Crippen molar-refractivity contribution < 1.29 is 19.4 Å². The Labute approximate surface area is 248 Å². The lowest BCUT2D eigenvalue weighted by Crippen LogP contribution is -2.23. The lowest BCUT2D eigenvalue weighted by Gasteiger charge is -2.16. The zero-order valence-corrected chi connectivity index (χ0v) is 24.4. The van der Waals surface area contributed by atoms with Crippen LogP contribution in [0.4, 0.5) is 17.1 Å². The topological polar surface area (TPSA) is 91.8 Å². The molecule has 0 saturated carbocycles. The first-order chi connectivity index (χ1) is 20.6. The van der Waals surface area contributed by atoms with Crippen molar-refractivity contribution in [2.45, 2.75) is 39.2 Å². The van der Waals surface area contributed by atoms with E-state index in [4.69, 9.17) is 9.47 Å². The normalized spacial score (nSPS) is 11.5. The molecule has 42 heavy (non-hydrogen) atoms. The number of nitrogens with one attached hydrogen (secondary N) is 3. The molecule has 1 atom stereocenters. The molecule has 0 aliphatic rings. The number of ether oxygens (including phenoxy) is 2. The summed E-state index contributed by atoms with van der Waals surface area (Å²) in [6.07, 6.45) is 2.71. The Balaban J connectivity index is 1.28. The summed E-state index contributed by atoms with van der Waals surface area (Å²) in [5.74, 6) is 1.48. The fourth-order valence-electron chi connectivity index (χ4n) is 4.63. The summed E-state index contributed by atoms with van der Waals surface area (Å²) < 4.78 is 11.6. The lowest BCUT2D eigenvalue weighted by molar-refractivity contribution is -0.105. The van der Waals surface area contributed by atoms with Gasteiger partial charge in [0, 0.05) is 23.5 Å². The number of carbonyl (C=O) groups is 1. The monoisotopic (exact) mass is 567 g/mol. The summed E-state index contributed by atoms with van der Waals surface area (Å²) >= 11 is 0. The number of unbranched alkanes of at least 4 members (excludes halogenated alkanes) is 1. The van der Waals surface area contributed by atoms with Crippen LogP contribution in [0.25, 0.3) is 11.1 Å². The molecule has 0 aromatic heterocycles. The number of benzene rings is 4. The van der Waals surface area contributed by atoms with Gasteiger partial charge in [-0.2, -0.15) is 0 Å². The highest BCUT2D eigenvalue weighted by atomic mass is 16.5. The average Bonchev–Trinajstić information content (AvgIpc) is 3.02. The molecule has 1 amide bonds. The van der Waals surface area contributed by atoms with Gasteiger partial charge < -0.3 is 30.5 Å². The van der Waals surface area contributed by atoms with Crippen LogP contribution in [0, 0.1) is 0 Å². The molecule has 0 heterocycles. The standard InChI is InChI=1S/C35H41N3O4/c1-3-5-21-42-35-17-13-28(22-32(35)37-25-39)33(40)24-36-20-19-26-11-14-29(15-12-26)38-30-16-18-34(41-4-2)31(23-30)27-9-7-6-8-10-27/h6-18,22-23,25,33,36,38,40H,3-5,19-21,24H2,1-2H3,(H,37,39)/t33-/m0/s1. The van der Waals surface area contributed by atoms with Crippen molar-refractivity contribution in [3.8, 4) is 22.6 Å². The molecule has 0 aliphatic carbocycles. The largest absolute Gasteiger partial charge is 0.493 e. The maximum Gasteiger partial charge on any atom is 0.211 e. The summed E-state index contributed by atoms with van der Waals surface area (Å²) in [4.78, 5) is 11.0. The minimum absolute atomic E-state index is 0.400. The number of carbonyl (C=O) groups excluding carboxylic acids is 1. The van der Waals surface area contributed by atoms with Gasteiger partial charge in [0.05, 0.1) is 25.0 Å². The molecule has 7 heteroatoms. The predicted octanol–water partition coefficient (Wildman–Crippen LogP) is 7.11. The minimum atomic E-state index is -0.705. The van der Waals surface area contributed by atoms with E-state index in [1.54, 1.807) is 12.1 Å². The molecule has 0 aliphatic heterocycles. The van der Waals surface area contributed by atoms with Crippen LogP contribution in [0.15, 0.2) is 91.0 Å². The van der Waals surface area contributed by atoms with Gasteiger partial charge in [0.2, 0.25) is 6.41 Å². The molecule has 220 valence electrons. The fourth-order valence-corrected chi connectivity index (χ4v) is 4.63. The third kappa shape index (κ3) is 8.83. The molecule has 4 aromatic rings. The maximum atomic E-state index is 11.0. The van der Waals surface area contributed by atoms with Gasteiger partial charge in [0.25, 0.3) is 0 Å². The van der Waals surface area contributed by atoms with Gasteiger partial charge in [0.15, 0.2) is 0 Å². The van der Waals surface area contributed by atoms with Crippen LogP contribution < -0.4 is 25.4 Å². The highest BCUT2D eigenvalue weighted by molar-refractivity contribution is 5.77. The second-order valence-electron chi connectivity index (χ2n) is 10.0. The number of anilines is 3. The number of amides is 1. The predicted molar refractivity (Wildman–Crippen MR) is 171 cm³/mol. The van der Waals surface area contributed by atoms with E-state index in [-0.39, 0.29) is 0 Å². The second-order valence-corrected chi connectivity index (χ2v) is 10.0. The molecule has 0 unspecified atom stereocenters. The van der Waals surface area contributed by atoms with Crippen molar-refractivity contribution in [1.29, 1.82) is 0 Å². The average molecular weight is 568 g/mol. The van der Waals surface area contributed by atoms with Crippen LogP contribution >= 0.6 is 0 Å². The van der Waals surface area contributed by atoms with Crippen molar-refractivity contribution in [2.75, 3.05) is 36.9 Å². The van der Waals surface area contributed by atoms with E-state index in [0.717, 1.165) is 59.6 Å². The SMILES string of the molecule is CCCCOc1ccc([C@@H](O)CNCCc2ccc(Nc3ccc(OCC)c(-c4ccccc4)c3)cc2)cc1NC=O. The number of aliphatic hydroxyl groups is 1.